The molecule has 18 heavy (non-hydrogen) atoms. The molecule has 1 fully saturated rings. The molecule has 1 aliphatic rings. The van der Waals surface area contributed by atoms with Gasteiger partial charge in [0.05, 0.1) is 18.3 Å². The molecule has 3 nitrogen and oxygen atoms in total. The third-order valence-corrected chi connectivity index (χ3v) is 3.45. The SMILES string of the molecule is CCC(O)CN1CC(C)OC(c2ccccc2)C1. The van der Waals surface area contributed by atoms with E-state index in [1.165, 1.54) is 5.56 Å². The first-order valence-electron chi connectivity index (χ1n) is 6.80. The van der Waals surface area contributed by atoms with Crippen LogP contribution in [0.5, 0.6) is 0 Å². The van der Waals surface area contributed by atoms with Gasteiger partial charge in [-0.25, -0.2) is 0 Å². The number of hydrogen-bond donors (Lipinski definition) is 1. The minimum absolute atomic E-state index is 0.124. The molecule has 0 amide bonds. The van der Waals surface area contributed by atoms with E-state index in [-0.39, 0.29) is 18.3 Å². The maximum absolute atomic E-state index is 9.77. The van der Waals surface area contributed by atoms with Crippen LogP contribution in [0, 0.1) is 0 Å². The van der Waals surface area contributed by atoms with Crippen LogP contribution in [0.2, 0.25) is 0 Å². The molecule has 1 saturated heterocycles. The zero-order chi connectivity index (χ0) is 13.0. The van der Waals surface area contributed by atoms with Crippen molar-refractivity contribution in [3.05, 3.63) is 35.9 Å². The van der Waals surface area contributed by atoms with Gasteiger partial charge in [-0.15, -0.1) is 0 Å². The van der Waals surface area contributed by atoms with Gasteiger partial charge in [0.15, 0.2) is 0 Å². The summed E-state index contributed by atoms with van der Waals surface area (Å²) in [6.45, 7) is 6.63. The summed E-state index contributed by atoms with van der Waals surface area (Å²) >= 11 is 0. The lowest BCUT2D eigenvalue weighted by Crippen LogP contribution is -2.45. The molecule has 1 aliphatic heterocycles. The van der Waals surface area contributed by atoms with Gasteiger partial charge in [-0.3, -0.25) is 4.90 Å². The number of hydrogen-bond acceptors (Lipinski definition) is 3. The monoisotopic (exact) mass is 249 g/mol. The predicted molar refractivity (Wildman–Crippen MR) is 72.5 cm³/mol. The van der Waals surface area contributed by atoms with Gasteiger partial charge in [-0.2, -0.15) is 0 Å². The summed E-state index contributed by atoms with van der Waals surface area (Å²) in [4.78, 5) is 2.31. The van der Waals surface area contributed by atoms with E-state index in [1.54, 1.807) is 0 Å². The number of β-amino-alcohol motifs (C(OH)–C–C–N with tert-alkyl or cyclic N) is 1. The molecule has 0 saturated carbocycles. The van der Waals surface area contributed by atoms with E-state index in [2.05, 4.69) is 24.0 Å². The van der Waals surface area contributed by atoms with E-state index in [0.717, 1.165) is 26.1 Å². The zero-order valence-corrected chi connectivity index (χ0v) is 11.2. The minimum Gasteiger partial charge on any atom is -0.392 e. The molecule has 0 aliphatic carbocycles. The first-order chi connectivity index (χ1) is 8.69. The number of rotatable bonds is 4. The zero-order valence-electron chi connectivity index (χ0n) is 11.2. The van der Waals surface area contributed by atoms with Gasteiger partial charge in [0.25, 0.3) is 0 Å². The first kappa shape index (κ1) is 13.5. The molecule has 3 heteroatoms. The molecule has 2 rings (SSSR count). The third kappa shape index (κ3) is 3.55. The summed E-state index contributed by atoms with van der Waals surface area (Å²) in [5.74, 6) is 0. The summed E-state index contributed by atoms with van der Waals surface area (Å²) in [6, 6.07) is 10.3. The molecule has 0 spiro atoms. The highest BCUT2D eigenvalue weighted by atomic mass is 16.5. The van der Waals surface area contributed by atoms with Crippen LogP contribution in [-0.2, 0) is 4.74 Å². The highest BCUT2D eigenvalue weighted by Crippen LogP contribution is 2.25. The molecule has 3 unspecified atom stereocenters. The Labute approximate surface area is 109 Å². The normalized spacial score (nSPS) is 27.1. The van der Waals surface area contributed by atoms with Crippen LogP contribution in [0.1, 0.15) is 31.9 Å². The molecule has 0 radical (unpaired) electrons. The van der Waals surface area contributed by atoms with E-state index in [1.807, 2.05) is 25.1 Å². The molecule has 1 aromatic carbocycles. The van der Waals surface area contributed by atoms with Gasteiger partial charge in [0.1, 0.15) is 0 Å². The standard InChI is InChI=1S/C15H23NO2/c1-3-14(17)10-16-9-12(2)18-15(11-16)13-7-5-4-6-8-13/h4-8,12,14-15,17H,3,9-11H2,1-2H3. The second-order valence-electron chi connectivity index (χ2n) is 5.13. The number of benzene rings is 1. The van der Waals surface area contributed by atoms with E-state index in [4.69, 9.17) is 4.74 Å². The molecule has 1 heterocycles. The molecule has 0 aromatic heterocycles. The topological polar surface area (TPSA) is 32.7 Å². The van der Waals surface area contributed by atoms with Crippen LogP contribution in [0.15, 0.2) is 30.3 Å². The van der Waals surface area contributed by atoms with Gasteiger partial charge >= 0.3 is 0 Å². The summed E-state index contributed by atoms with van der Waals surface area (Å²) in [7, 11) is 0. The van der Waals surface area contributed by atoms with Crippen molar-refractivity contribution in [1.29, 1.82) is 0 Å². The van der Waals surface area contributed by atoms with Gasteiger partial charge in [-0.05, 0) is 18.9 Å². The van der Waals surface area contributed by atoms with Crippen molar-refractivity contribution in [3.63, 3.8) is 0 Å². The molecule has 1 N–H and O–H groups in total. The van der Waals surface area contributed by atoms with Crippen molar-refractivity contribution in [2.24, 2.45) is 0 Å². The van der Waals surface area contributed by atoms with E-state index < -0.39 is 0 Å². The predicted octanol–water partition coefficient (Wildman–Crippen LogP) is 2.22. The van der Waals surface area contributed by atoms with E-state index in [9.17, 15) is 5.11 Å². The lowest BCUT2D eigenvalue weighted by atomic mass is 10.1. The Morgan fingerprint density at radius 3 is 2.72 bits per heavy atom. The summed E-state index contributed by atoms with van der Waals surface area (Å²) in [5, 5.41) is 9.77. The van der Waals surface area contributed by atoms with Crippen molar-refractivity contribution in [2.75, 3.05) is 19.6 Å². The fraction of sp³-hybridized carbons (Fsp3) is 0.600. The Bertz CT molecular complexity index is 355. The average Bonchev–Trinajstić information content (AvgIpc) is 2.39. The number of aliphatic hydroxyl groups excluding tert-OH is 1. The fourth-order valence-corrected chi connectivity index (χ4v) is 2.47. The lowest BCUT2D eigenvalue weighted by molar-refractivity contribution is -0.0868. The molecular formula is C15H23NO2. The maximum atomic E-state index is 9.77. The van der Waals surface area contributed by atoms with E-state index in [0.29, 0.717) is 0 Å². The molecule has 100 valence electrons. The van der Waals surface area contributed by atoms with Crippen LogP contribution in [-0.4, -0.2) is 41.8 Å². The highest BCUT2D eigenvalue weighted by Gasteiger charge is 2.27. The number of aliphatic hydroxyl groups is 1. The van der Waals surface area contributed by atoms with Crippen LogP contribution >= 0.6 is 0 Å². The first-order valence-corrected chi connectivity index (χ1v) is 6.80. The van der Waals surface area contributed by atoms with Gasteiger partial charge in [0, 0.05) is 19.6 Å². The number of morpholine rings is 1. The van der Waals surface area contributed by atoms with E-state index >= 15 is 0 Å². The molecular weight excluding hydrogens is 226 g/mol. The minimum atomic E-state index is -0.230. The highest BCUT2D eigenvalue weighted by molar-refractivity contribution is 5.18. The fourth-order valence-electron chi connectivity index (χ4n) is 2.47. The second-order valence-corrected chi connectivity index (χ2v) is 5.13. The van der Waals surface area contributed by atoms with Crippen LogP contribution in [0.3, 0.4) is 0 Å². The van der Waals surface area contributed by atoms with Crippen molar-refractivity contribution in [3.8, 4) is 0 Å². The quantitative estimate of drug-likeness (QED) is 0.888. The Balaban J connectivity index is 2.00. The maximum Gasteiger partial charge on any atom is 0.0956 e. The van der Waals surface area contributed by atoms with Crippen LogP contribution in [0.4, 0.5) is 0 Å². The summed E-state index contributed by atoms with van der Waals surface area (Å²) < 4.78 is 5.99. The number of ether oxygens (including phenoxy) is 1. The second kappa shape index (κ2) is 6.32. The van der Waals surface area contributed by atoms with Crippen molar-refractivity contribution >= 4 is 0 Å². The van der Waals surface area contributed by atoms with Gasteiger partial charge < -0.3 is 9.84 Å². The molecule has 3 atom stereocenters. The number of nitrogens with zero attached hydrogens (tertiary/aromatic N) is 1. The Morgan fingerprint density at radius 2 is 2.06 bits per heavy atom. The smallest absolute Gasteiger partial charge is 0.0956 e. The van der Waals surface area contributed by atoms with Crippen LogP contribution in [0.25, 0.3) is 0 Å². The summed E-state index contributed by atoms with van der Waals surface area (Å²) in [6.07, 6.45) is 0.917. The Morgan fingerprint density at radius 1 is 1.33 bits per heavy atom. The summed E-state index contributed by atoms with van der Waals surface area (Å²) in [5.41, 5.74) is 1.22. The Kier molecular flexibility index (Phi) is 4.75. The largest absolute Gasteiger partial charge is 0.392 e. The Hall–Kier alpha value is -0.900. The van der Waals surface area contributed by atoms with Gasteiger partial charge in [-0.1, -0.05) is 37.3 Å². The van der Waals surface area contributed by atoms with Crippen molar-refractivity contribution in [2.45, 2.75) is 38.6 Å². The third-order valence-electron chi connectivity index (χ3n) is 3.45. The van der Waals surface area contributed by atoms with Crippen LogP contribution < -0.4 is 0 Å². The molecule has 0 bridgehead atoms. The van der Waals surface area contributed by atoms with Gasteiger partial charge in [0.2, 0.25) is 0 Å². The average molecular weight is 249 g/mol. The molecule has 1 aromatic rings. The lowest BCUT2D eigenvalue weighted by Gasteiger charge is -2.37. The van der Waals surface area contributed by atoms with Crippen molar-refractivity contribution < 1.29 is 9.84 Å². The van der Waals surface area contributed by atoms with Crippen molar-refractivity contribution in [1.82, 2.24) is 4.90 Å².